The third-order valence-electron chi connectivity index (χ3n) is 2.70. The van der Waals surface area contributed by atoms with Gasteiger partial charge in [-0.1, -0.05) is 37.9 Å². The van der Waals surface area contributed by atoms with Gasteiger partial charge in [0.1, 0.15) is 0 Å². The molecule has 2 aromatic carbocycles. The SMILES string of the molecule is COc1ccc(C(Br)c2cc(I)ccc2Br)cc1F. The predicted molar refractivity (Wildman–Crippen MR) is 90.6 cm³/mol. The van der Waals surface area contributed by atoms with E-state index in [9.17, 15) is 4.39 Å². The van der Waals surface area contributed by atoms with Crippen LogP contribution in [0.15, 0.2) is 40.9 Å². The van der Waals surface area contributed by atoms with Crippen molar-refractivity contribution in [2.24, 2.45) is 0 Å². The van der Waals surface area contributed by atoms with E-state index < -0.39 is 0 Å². The van der Waals surface area contributed by atoms with Crippen molar-refractivity contribution in [1.82, 2.24) is 0 Å². The van der Waals surface area contributed by atoms with Gasteiger partial charge in [-0.25, -0.2) is 4.39 Å². The molecule has 2 rings (SSSR count). The standard InChI is InChI=1S/C14H10Br2FIO/c1-19-13-5-2-8(6-12(13)17)14(16)10-7-9(18)3-4-11(10)15/h2-7,14H,1H3. The van der Waals surface area contributed by atoms with Crippen LogP contribution >= 0.6 is 54.5 Å². The highest BCUT2D eigenvalue weighted by molar-refractivity contribution is 14.1. The average Bonchev–Trinajstić information content (AvgIpc) is 2.40. The van der Waals surface area contributed by atoms with E-state index in [2.05, 4.69) is 60.5 Å². The van der Waals surface area contributed by atoms with Gasteiger partial charge in [0.15, 0.2) is 11.6 Å². The third-order valence-corrected chi connectivity index (χ3v) is 5.11. The van der Waals surface area contributed by atoms with Crippen molar-refractivity contribution in [2.45, 2.75) is 4.83 Å². The summed E-state index contributed by atoms with van der Waals surface area (Å²) in [5.41, 5.74) is 1.91. The van der Waals surface area contributed by atoms with Crippen molar-refractivity contribution in [3.8, 4) is 5.75 Å². The summed E-state index contributed by atoms with van der Waals surface area (Å²) in [5, 5.41) is 0. The maximum atomic E-state index is 13.7. The molecule has 0 bridgehead atoms. The van der Waals surface area contributed by atoms with E-state index >= 15 is 0 Å². The highest BCUT2D eigenvalue weighted by atomic mass is 127. The molecule has 100 valence electrons. The predicted octanol–water partition coefficient (Wildman–Crippen LogP) is 5.69. The summed E-state index contributed by atoms with van der Waals surface area (Å²) < 4.78 is 20.8. The zero-order chi connectivity index (χ0) is 14.0. The second-order valence-corrected chi connectivity index (χ2v) is 6.94. The summed E-state index contributed by atoms with van der Waals surface area (Å²) in [6.07, 6.45) is 0. The van der Waals surface area contributed by atoms with Gasteiger partial charge < -0.3 is 4.74 Å². The van der Waals surface area contributed by atoms with Crippen LogP contribution in [0.1, 0.15) is 16.0 Å². The van der Waals surface area contributed by atoms with Crippen molar-refractivity contribution in [2.75, 3.05) is 7.11 Å². The monoisotopic (exact) mass is 498 g/mol. The molecule has 1 unspecified atom stereocenters. The number of benzene rings is 2. The Hall–Kier alpha value is -0.140. The topological polar surface area (TPSA) is 9.23 Å². The average molecular weight is 500 g/mol. The van der Waals surface area contributed by atoms with E-state index in [1.807, 2.05) is 18.2 Å². The summed E-state index contributed by atoms with van der Waals surface area (Å²) in [6.45, 7) is 0. The zero-order valence-corrected chi connectivity index (χ0v) is 15.3. The molecule has 5 heteroatoms. The van der Waals surface area contributed by atoms with Crippen LogP contribution in [-0.4, -0.2) is 7.11 Å². The van der Waals surface area contributed by atoms with Gasteiger partial charge >= 0.3 is 0 Å². The van der Waals surface area contributed by atoms with Crippen molar-refractivity contribution in [3.05, 3.63) is 61.4 Å². The normalized spacial score (nSPS) is 12.3. The quantitative estimate of drug-likeness (QED) is 0.390. The minimum Gasteiger partial charge on any atom is -0.494 e. The van der Waals surface area contributed by atoms with Crippen LogP contribution in [0.5, 0.6) is 5.75 Å². The van der Waals surface area contributed by atoms with Crippen LogP contribution in [0.4, 0.5) is 4.39 Å². The van der Waals surface area contributed by atoms with Crippen LogP contribution in [0, 0.1) is 9.39 Å². The molecule has 0 heterocycles. The van der Waals surface area contributed by atoms with E-state index in [4.69, 9.17) is 4.74 Å². The molecule has 0 aliphatic carbocycles. The van der Waals surface area contributed by atoms with Gasteiger partial charge in [0, 0.05) is 8.04 Å². The van der Waals surface area contributed by atoms with E-state index in [0.29, 0.717) is 0 Å². The molecule has 0 amide bonds. The van der Waals surface area contributed by atoms with Crippen molar-refractivity contribution >= 4 is 54.5 Å². The second-order valence-electron chi connectivity index (χ2n) is 3.92. The lowest BCUT2D eigenvalue weighted by Gasteiger charge is -2.14. The fourth-order valence-corrected chi connectivity index (χ4v) is 3.69. The highest BCUT2D eigenvalue weighted by Gasteiger charge is 2.16. The van der Waals surface area contributed by atoms with Gasteiger partial charge in [0.2, 0.25) is 0 Å². The Morgan fingerprint density at radius 1 is 1.21 bits per heavy atom. The fraction of sp³-hybridized carbons (Fsp3) is 0.143. The smallest absolute Gasteiger partial charge is 0.165 e. The van der Waals surface area contributed by atoms with Crippen molar-refractivity contribution in [1.29, 1.82) is 0 Å². The van der Waals surface area contributed by atoms with E-state index in [-0.39, 0.29) is 16.4 Å². The lowest BCUT2D eigenvalue weighted by atomic mass is 10.0. The Bertz CT molecular complexity index is 604. The van der Waals surface area contributed by atoms with E-state index in [1.165, 1.54) is 13.2 Å². The molecule has 0 aliphatic heterocycles. The first-order chi connectivity index (χ1) is 9.02. The van der Waals surface area contributed by atoms with Gasteiger partial charge in [-0.05, 0) is 64.0 Å². The third kappa shape index (κ3) is 3.49. The summed E-state index contributed by atoms with van der Waals surface area (Å²) in [4.78, 5) is -0.0722. The number of hydrogen-bond donors (Lipinski definition) is 0. The molecule has 1 nitrogen and oxygen atoms in total. The number of rotatable bonds is 3. The number of alkyl halides is 1. The lowest BCUT2D eigenvalue weighted by molar-refractivity contribution is 0.386. The van der Waals surface area contributed by atoms with Crippen LogP contribution in [0.25, 0.3) is 0 Å². The minimum atomic E-state index is -0.355. The molecule has 19 heavy (non-hydrogen) atoms. The Balaban J connectivity index is 2.41. The first-order valence-corrected chi connectivity index (χ1v) is 8.24. The number of methoxy groups -OCH3 is 1. The molecular weight excluding hydrogens is 490 g/mol. The van der Waals surface area contributed by atoms with Crippen LogP contribution in [-0.2, 0) is 0 Å². The van der Waals surface area contributed by atoms with Crippen LogP contribution in [0.2, 0.25) is 0 Å². The molecule has 0 saturated carbocycles. The van der Waals surface area contributed by atoms with E-state index in [0.717, 1.165) is 19.2 Å². The molecule has 0 saturated heterocycles. The summed E-state index contributed by atoms with van der Waals surface area (Å²) in [7, 11) is 1.46. The Morgan fingerprint density at radius 2 is 1.95 bits per heavy atom. The maximum absolute atomic E-state index is 13.7. The van der Waals surface area contributed by atoms with Gasteiger partial charge in [-0.3, -0.25) is 0 Å². The Labute approximate surface area is 141 Å². The summed E-state index contributed by atoms with van der Waals surface area (Å²) >= 11 is 9.40. The maximum Gasteiger partial charge on any atom is 0.165 e. The largest absolute Gasteiger partial charge is 0.494 e. The van der Waals surface area contributed by atoms with Crippen LogP contribution in [0.3, 0.4) is 0 Å². The molecule has 0 spiro atoms. The molecule has 0 radical (unpaired) electrons. The second kappa shape index (κ2) is 6.54. The van der Waals surface area contributed by atoms with Gasteiger partial charge in [-0.2, -0.15) is 0 Å². The van der Waals surface area contributed by atoms with Crippen LogP contribution < -0.4 is 4.74 Å². The first-order valence-electron chi connectivity index (χ1n) is 5.45. The lowest BCUT2D eigenvalue weighted by Crippen LogP contribution is -1.97. The number of halogens is 4. The molecular formula is C14H10Br2FIO. The summed E-state index contributed by atoms with van der Waals surface area (Å²) in [5.74, 6) is -0.101. The summed E-state index contributed by atoms with van der Waals surface area (Å²) in [6, 6.07) is 11.1. The van der Waals surface area contributed by atoms with Crippen molar-refractivity contribution in [3.63, 3.8) is 0 Å². The Kier molecular flexibility index (Phi) is 5.25. The molecule has 2 aromatic rings. The van der Waals surface area contributed by atoms with Gasteiger partial charge in [0.05, 0.1) is 11.9 Å². The molecule has 1 atom stereocenters. The van der Waals surface area contributed by atoms with Gasteiger partial charge in [-0.15, -0.1) is 0 Å². The number of ether oxygens (including phenoxy) is 1. The van der Waals surface area contributed by atoms with Gasteiger partial charge in [0.25, 0.3) is 0 Å². The number of hydrogen-bond acceptors (Lipinski definition) is 1. The highest BCUT2D eigenvalue weighted by Crippen LogP contribution is 2.37. The van der Waals surface area contributed by atoms with E-state index in [1.54, 1.807) is 6.07 Å². The zero-order valence-electron chi connectivity index (χ0n) is 9.96. The fourth-order valence-electron chi connectivity index (χ4n) is 1.73. The van der Waals surface area contributed by atoms with Crippen molar-refractivity contribution < 1.29 is 9.13 Å². The molecule has 0 fully saturated rings. The molecule has 0 aromatic heterocycles. The first kappa shape index (κ1) is 15.3. The minimum absolute atomic E-state index is 0.0722. The molecule has 0 N–H and O–H groups in total. The molecule has 0 aliphatic rings. The Morgan fingerprint density at radius 3 is 2.58 bits per heavy atom.